The lowest BCUT2D eigenvalue weighted by molar-refractivity contribution is -0.159. The highest BCUT2D eigenvalue weighted by atomic mass is 19.4. The number of aromatic nitrogens is 3. The molecule has 0 aliphatic rings. The van der Waals surface area contributed by atoms with Crippen molar-refractivity contribution in [1.82, 2.24) is 15.1 Å². The Morgan fingerprint density at radius 1 is 1.00 bits per heavy atom. The Hall–Kier alpha value is -4.16. The number of nitrogens with one attached hydrogen (secondary N) is 2. The van der Waals surface area contributed by atoms with E-state index in [1.54, 1.807) is 0 Å². The summed E-state index contributed by atoms with van der Waals surface area (Å²) in [5, 5.41) is 8.39. The summed E-state index contributed by atoms with van der Waals surface area (Å²) in [6.45, 7) is -0.0360. The summed E-state index contributed by atoms with van der Waals surface area (Å²) in [6, 6.07) is 5.51. The minimum atomic E-state index is -4.77. The molecule has 0 aliphatic heterocycles. The van der Waals surface area contributed by atoms with Crippen molar-refractivity contribution in [2.45, 2.75) is 12.7 Å². The predicted octanol–water partition coefficient (Wildman–Crippen LogP) is 3.38. The predicted molar refractivity (Wildman–Crippen MR) is 101 cm³/mol. The zero-order valence-electron chi connectivity index (χ0n) is 15.6. The van der Waals surface area contributed by atoms with Crippen LogP contribution in [-0.2, 0) is 12.7 Å². The molecule has 164 valence electrons. The van der Waals surface area contributed by atoms with E-state index < -0.39 is 34.6 Å². The average molecular weight is 451 g/mol. The van der Waals surface area contributed by atoms with Crippen LogP contribution in [0.2, 0.25) is 0 Å². The second kappa shape index (κ2) is 7.83. The maximum atomic E-state index is 13.8. The monoisotopic (exact) mass is 451 g/mol. The molecule has 0 atom stereocenters. The van der Waals surface area contributed by atoms with Gasteiger partial charge in [0.25, 0.3) is 10.9 Å². The maximum absolute atomic E-state index is 13.8. The molecular weight excluding hydrogens is 441 g/mol. The Balaban J connectivity index is 1.45. The van der Waals surface area contributed by atoms with E-state index in [0.29, 0.717) is 11.8 Å². The summed E-state index contributed by atoms with van der Waals surface area (Å²) in [4.78, 5) is 30.9. The highest BCUT2D eigenvalue weighted by molar-refractivity contribution is 5.78. The molecular formula is C19H10F5N5O3. The first-order chi connectivity index (χ1) is 15.1. The molecule has 4 rings (SSSR count). The van der Waals surface area contributed by atoms with Gasteiger partial charge in [-0.2, -0.15) is 18.2 Å². The number of nitrogens with zero attached hydrogens (tertiary/aromatic N) is 3. The van der Waals surface area contributed by atoms with Crippen LogP contribution in [0.1, 0.15) is 11.6 Å². The van der Waals surface area contributed by atoms with Crippen LogP contribution in [0.25, 0.3) is 11.4 Å². The summed E-state index contributed by atoms with van der Waals surface area (Å²) in [6.07, 6.45) is -3.57. The Kier molecular flexibility index (Phi) is 5.16. The molecule has 0 unspecified atom stereocenters. The standard InChI is InChI=1S/C19H10F5N5O3/c20-9-2-4-12(11(21)5-9)27-14-13(15(30)16(14)31)26-7-10-3-1-8(6-25-10)17-28-18(32-29-17)19(22,23)24/h1-6,26-27H,7H2. The van der Waals surface area contributed by atoms with Crippen molar-refractivity contribution in [3.8, 4) is 11.4 Å². The minimum Gasteiger partial charge on any atom is -0.374 e. The van der Waals surface area contributed by atoms with Crippen LogP contribution in [0.15, 0.2) is 50.6 Å². The smallest absolute Gasteiger partial charge is 0.374 e. The zero-order chi connectivity index (χ0) is 23.0. The fourth-order valence-electron chi connectivity index (χ4n) is 2.70. The van der Waals surface area contributed by atoms with Gasteiger partial charge in [0.2, 0.25) is 5.82 Å². The summed E-state index contributed by atoms with van der Waals surface area (Å²) in [5.74, 6) is -3.55. The van der Waals surface area contributed by atoms with Gasteiger partial charge >= 0.3 is 12.1 Å². The number of benzene rings is 1. The lowest BCUT2D eigenvalue weighted by Gasteiger charge is -2.15. The van der Waals surface area contributed by atoms with E-state index in [1.165, 1.54) is 18.3 Å². The van der Waals surface area contributed by atoms with Crippen molar-refractivity contribution < 1.29 is 26.5 Å². The molecule has 2 aromatic carbocycles. The topological polar surface area (TPSA) is 110 Å². The van der Waals surface area contributed by atoms with Crippen molar-refractivity contribution in [2.75, 3.05) is 10.6 Å². The highest BCUT2D eigenvalue weighted by Gasteiger charge is 2.38. The lowest BCUT2D eigenvalue weighted by Crippen LogP contribution is -2.36. The molecule has 4 aromatic rings. The Morgan fingerprint density at radius 2 is 1.75 bits per heavy atom. The fraction of sp³-hybridized carbons (Fsp3) is 0.105. The molecule has 32 heavy (non-hydrogen) atoms. The van der Waals surface area contributed by atoms with E-state index in [0.717, 1.165) is 12.1 Å². The zero-order valence-corrected chi connectivity index (χ0v) is 15.6. The molecule has 0 aliphatic carbocycles. The second-order valence-electron chi connectivity index (χ2n) is 6.47. The SMILES string of the molecule is O=c1c(NCc2ccc(-c3noc(C(F)(F)F)n3)cn2)c(Nc2ccc(F)cc2F)c1=O. The van der Waals surface area contributed by atoms with Crippen LogP contribution < -0.4 is 21.5 Å². The number of hydrogen-bond acceptors (Lipinski definition) is 8. The van der Waals surface area contributed by atoms with Gasteiger partial charge in [-0.25, -0.2) is 8.78 Å². The van der Waals surface area contributed by atoms with E-state index in [2.05, 4.69) is 30.3 Å². The molecule has 2 aromatic heterocycles. The average Bonchev–Trinajstić information content (AvgIpc) is 3.25. The van der Waals surface area contributed by atoms with Crippen molar-refractivity contribution in [3.05, 3.63) is 80.2 Å². The third-order valence-electron chi connectivity index (χ3n) is 4.30. The van der Waals surface area contributed by atoms with E-state index in [1.807, 2.05) is 0 Å². The van der Waals surface area contributed by atoms with Crippen LogP contribution in [0.4, 0.5) is 39.0 Å². The van der Waals surface area contributed by atoms with Gasteiger partial charge in [-0.15, -0.1) is 0 Å². The summed E-state index contributed by atoms with van der Waals surface area (Å²) >= 11 is 0. The number of pyridine rings is 1. The van der Waals surface area contributed by atoms with Gasteiger partial charge in [-0.3, -0.25) is 14.6 Å². The molecule has 0 bridgehead atoms. The molecule has 0 spiro atoms. The number of alkyl halides is 3. The second-order valence-corrected chi connectivity index (χ2v) is 6.47. The molecule has 0 fully saturated rings. The number of halogens is 5. The largest absolute Gasteiger partial charge is 0.471 e. The molecule has 0 saturated heterocycles. The van der Waals surface area contributed by atoms with Crippen LogP contribution in [0, 0.1) is 11.6 Å². The Morgan fingerprint density at radius 3 is 2.38 bits per heavy atom. The van der Waals surface area contributed by atoms with Gasteiger partial charge in [-0.05, 0) is 24.3 Å². The summed E-state index contributed by atoms with van der Waals surface area (Å²) in [5.41, 5.74) is -1.68. The Bertz CT molecular complexity index is 1360. The van der Waals surface area contributed by atoms with Crippen LogP contribution in [0.5, 0.6) is 0 Å². The Labute approximate surface area is 174 Å². The first-order valence-electron chi connectivity index (χ1n) is 8.79. The third-order valence-corrected chi connectivity index (χ3v) is 4.30. The summed E-state index contributed by atoms with van der Waals surface area (Å²) in [7, 11) is 0. The first kappa shape index (κ1) is 21.1. The molecule has 2 heterocycles. The lowest BCUT2D eigenvalue weighted by atomic mass is 10.1. The van der Waals surface area contributed by atoms with Gasteiger partial charge in [0.05, 0.1) is 17.9 Å². The van der Waals surface area contributed by atoms with E-state index in [9.17, 15) is 31.5 Å². The van der Waals surface area contributed by atoms with Crippen molar-refractivity contribution >= 4 is 17.1 Å². The first-order valence-corrected chi connectivity index (χ1v) is 8.79. The van der Waals surface area contributed by atoms with Crippen LogP contribution in [0.3, 0.4) is 0 Å². The van der Waals surface area contributed by atoms with E-state index in [4.69, 9.17) is 0 Å². The van der Waals surface area contributed by atoms with Gasteiger partial charge in [0, 0.05) is 17.8 Å². The van der Waals surface area contributed by atoms with Crippen molar-refractivity contribution in [3.63, 3.8) is 0 Å². The maximum Gasteiger partial charge on any atom is 0.471 e. The normalized spacial score (nSPS) is 11.7. The summed E-state index contributed by atoms with van der Waals surface area (Å²) < 4.78 is 68.6. The fourth-order valence-corrected chi connectivity index (χ4v) is 2.70. The van der Waals surface area contributed by atoms with E-state index in [-0.39, 0.29) is 35.0 Å². The molecule has 2 N–H and O–H groups in total. The quantitative estimate of drug-likeness (QED) is 0.339. The molecule has 13 heteroatoms. The van der Waals surface area contributed by atoms with Crippen LogP contribution >= 0.6 is 0 Å². The molecule has 0 radical (unpaired) electrons. The number of anilines is 3. The van der Waals surface area contributed by atoms with Gasteiger partial charge in [0.1, 0.15) is 23.0 Å². The van der Waals surface area contributed by atoms with Gasteiger partial charge in [0.15, 0.2) is 0 Å². The number of hydrogen-bond donors (Lipinski definition) is 2. The third kappa shape index (κ3) is 4.04. The highest BCUT2D eigenvalue weighted by Crippen LogP contribution is 2.29. The molecule has 8 nitrogen and oxygen atoms in total. The molecule has 0 saturated carbocycles. The van der Waals surface area contributed by atoms with Crippen molar-refractivity contribution in [1.29, 1.82) is 0 Å². The number of rotatable bonds is 6. The minimum absolute atomic E-state index is 0.0360. The van der Waals surface area contributed by atoms with Gasteiger partial charge < -0.3 is 15.2 Å². The van der Waals surface area contributed by atoms with Crippen molar-refractivity contribution in [2.24, 2.45) is 0 Å². The molecule has 0 amide bonds. The van der Waals surface area contributed by atoms with Gasteiger partial charge in [-0.1, -0.05) is 5.16 Å². The van der Waals surface area contributed by atoms with E-state index >= 15 is 0 Å². The van der Waals surface area contributed by atoms with Crippen LogP contribution in [-0.4, -0.2) is 15.1 Å².